The molecule has 1 aromatic heterocycles. The Morgan fingerprint density at radius 1 is 0.931 bits per heavy atom. The van der Waals surface area contributed by atoms with Crippen LogP contribution in [0.25, 0.3) is 22.4 Å². The third kappa shape index (κ3) is 4.33. The maximum atomic E-state index is 11.8. The molecule has 4 aromatic rings. The summed E-state index contributed by atoms with van der Waals surface area (Å²) in [7, 11) is 0. The van der Waals surface area contributed by atoms with Crippen molar-refractivity contribution in [1.29, 1.82) is 0 Å². The molecule has 0 spiro atoms. The molecule has 1 N–H and O–H groups in total. The van der Waals surface area contributed by atoms with Crippen molar-refractivity contribution in [3.63, 3.8) is 0 Å². The minimum absolute atomic E-state index is 0.228. The quantitative estimate of drug-likeness (QED) is 0.457. The molecule has 4 heteroatoms. The molecule has 0 saturated heterocycles. The van der Waals surface area contributed by atoms with Crippen molar-refractivity contribution in [2.45, 2.75) is 6.54 Å². The van der Waals surface area contributed by atoms with Gasteiger partial charge in [-0.2, -0.15) is 5.10 Å². The highest BCUT2D eigenvalue weighted by Crippen LogP contribution is 2.30. The fourth-order valence-corrected chi connectivity index (χ4v) is 3.25. The van der Waals surface area contributed by atoms with E-state index in [4.69, 9.17) is 5.10 Å². The summed E-state index contributed by atoms with van der Waals surface area (Å²) in [5, 5.41) is 7.60. The highest BCUT2D eigenvalue weighted by Gasteiger charge is 2.09. The number of hydrogen-bond donors (Lipinski definition) is 1. The summed E-state index contributed by atoms with van der Waals surface area (Å²) in [6.45, 7) is 4.26. The second-order valence-electron chi connectivity index (χ2n) is 6.70. The zero-order valence-electron chi connectivity index (χ0n) is 16.0. The van der Waals surface area contributed by atoms with Crippen molar-refractivity contribution >= 4 is 11.6 Å². The molecule has 142 valence electrons. The number of carbonyl (C=O) groups excluding carboxylic acids is 1. The fraction of sp³-hybridized carbons (Fsp3) is 0.0400. The second kappa shape index (κ2) is 8.40. The van der Waals surface area contributed by atoms with Crippen LogP contribution in [0.5, 0.6) is 0 Å². The number of nitrogens with one attached hydrogen (secondary N) is 1. The van der Waals surface area contributed by atoms with Crippen LogP contribution >= 0.6 is 0 Å². The zero-order valence-corrected chi connectivity index (χ0v) is 16.0. The summed E-state index contributed by atoms with van der Waals surface area (Å²) < 4.78 is 1.94. The van der Waals surface area contributed by atoms with Gasteiger partial charge in [0.25, 0.3) is 0 Å². The fourth-order valence-electron chi connectivity index (χ4n) is 3.25. The number of amides is 1. The van der Waals surface area contributed by atoms with Crippen molar-refractivity contribution in [2.24, 2.45) is 0 Å². The van der Waals surface area contributed by atoms with E-state index < -0.39 is 0 Å². The molecule has 0 aliphatic carbocycles. The van der Waals surface area contributed by atoms with Crippen LogP contribution in [-0.4, -0.2) is 15.7 Å². The van der Waals surface area contributed by atoms with Gasteiger partial charge in [0.05, 0.1) is 12.2 Å². The first-order valence-corrected chi connectivity index (χ1v) is 9.43. The van der Waals surface area contributed by atoms with E-state index in [9.17, 15) is 4.79 Å². The van der Waals surface area contributed by atoms with Crippen molar-refractivity contribution in [1.82, 2.24) is 9.78 Å². The Balaban J connectivity index is 1.62. The Bertz CT molecular complexity index is 1150. The van der Waals surface area contributed by atoms with Gasteiger partial charge in [-0.15, -0.1) is 0 Å². The minimum Gasteiger partial charge on any atom is -0.322 e. The van der Waals surface area contributed by atoms with Crippen LogP contribution in [0, 0.1) is 0 Å². The number of para-hydroxylation sites is 1. The van der Waals surface area contributed by atoms with Crippen molar-refractivity contribution < 1.29 is 4.79 Å². The van der Waals surface area contributed by atoms with Gasteiger partial charge >= 0.3 is 0 Å². The molecule has 0 saturated carbocycles. The molecule has 0 unspecified atom stereocenters. The summed E-state index contributed by atoms with van der Waals surface area (Å²) in [6.07, 6.45) is 3.26. The highest BCUT2D eigenvalue weighted by atomic mass is 16.1. The van der Waals surface area contributed by atoms with Gasteiger partial charge in [0.2, 0.25) is 5.91 Å². The third-order valence-corrected chi connectivity index (χ3v) is 4.67. The van der Waals surface area contributed by atoms with E-state index in [-0.39, 0.29) is 5.91 Å². The molecule has 3 aromatic carbocycles. The molecule has 1 amide bonds. The average molecular weight is 379 g/mol. The molecule has 1 heterocycles. The summed E-state index contributed by atoms with van der Waals surface area (Å²) >= 11 is 0. The first-order chi connectivity index (χ1) is 14.2. The van der Waals surface area contributed by atoms with Gasteiger partial charge in [0.1, 0.15) is 0 Å². The van der Waals surface area contributed by atoms with Crippen molar-refractivity contribution in [3.05, 3.63) is 109 Å². The van der Waals surface area contributed by atoms with Gasteiger partial charge < -0.3 is 5.32 Å². The van der Waals surface area contributed by atoms with E-state index >= 15 is 0 Å². The lowest BCUT2D eigenvalue weighted by Crippen LogP contribution is -2.08. The molecule has 0 bridgehead atoms. The maximum absolute atomic E-state index is 11.8. The topological polar surface area (TPSA) is 46.9 Å². The van der Waals surface area contributed by atoms with Crippen LogP contribution in [0.3, 0.4) is 0 Å². The summed E-state index contributed by atoms with van der Waals surface area (Å²) in [5.74, 6) is -0.228. The number of carbonyl (C=O) groups is 1. The Kier molecular flexibility index (Phi) is 5.34. The predicted octanol–water partition coefficient (Wildman–Crippen LogP) is 5.39. The molecule has 0 atom stereocenters. The van der Waals surface area contributed by atoms with Gasteiger partial charge in [-0.3, -0.25) is 9.48 Å². The number of rotatable bonds is 6. The molecule has 0 radical (unpaired) electrons. The molecule has 29 heavy (non-hydrogen) atoms. The second-order valence-corrected chi connectivity index (χ2v) is 6.70. The lowest BCUT2D eigenvalue weighted by atomic mass is 10.00. The van der Waals surface area contributed by atoms with Crippen LogP contribution in [0.2, 0.25) is 0 Å². The van der Waals surface area contributed by atoms with E-state index in [0.717, 1.165) is 34.6 Å². The van der Waals surface area contributed by atoms with Crippen molar-refractivity contribution in [2.75, 3.05) is 5.32 Å². The zero-order chi connectivity index (χ0) is 20.1. The van der Waals surface area contributed by atoms with Crippen LogP contribution in [0.1, 0.15) is 5.56 Å². The maximum Gasteiger partial charge on any atom is 0.247 e. The van der Waals surface area contributed by atoms with Crippen LogP contribution in [-0.2, 0) is 11.3 Å². The van der Waals surface area contributed by atoms with Gasteiger partial charge in [-0.05, 0) is 35.4 Å². The predicted molar refractivity (Wildman–Crippen MR) is 117 cm³/mol. The number of benzene rings is 3. The lowest BCUT2D eigenvalue weighted by Gasteiger charge is -2.11. The molecule has 4 rings (SSSR count). The number of hydrogen-bond acceptors (Lipinski definition) is 2. The molecular formula is C25H21N3O. The largest absolute Gasteiger partial charge is 0.322 e. The van der Waals surface area contributed by atoms with E-state index in [1.807, 2.05) is 77.6 Å². The average Bonchev–Trinajstić information content (AvgIpc) is 3.23. The van der Waals surface area contributed by atoms with Crippen LogP contribution in [0.15, 0.2) is 104 Å². The smallest absolute Gasteiger partial charge is 0.247 e. The molecule has 0 aliphatic heterocycles. The standard InChI is InChI=1S/C25H21N3O/c1-2-25(29)26-24-14-7-6-13-22(24)20-11-8-12-21(17-20)23-15-16-28(27-23)18-19-9-4-3-5-10-19/h2-17H,1,18H2,(H,26,29). The monoisotopic (exact) mass is 379 g/mol. The van der Waals surface area contributed by atoms with Gasteiger partial charge in [0, 0.05) is 23.0 Å². The van der Waals surface area contributed by atoms with Gasteiger partial charge in [-0.25, -0.2) is 0 Å². The number of anilines is 1. The van der Waals surface area contributed by atoms with E-state index in [1.165, 1.54) is 11.6 Å². The first-order valence-electron chi connectivity index (χ1n) is 9.43. The highest BCUT2D eigenvalue weighted by molar-refractivity contribution is 6.01. The number of aromatic nitrogens is 2. The summed E-state index contributed by atoms with van der Waals surface area (Å²) in [5.41, 5.74) is 5.87. The first kappa shape index (κ1) is 18.4. The molecule has 4 nitrogen and oxygen atoms in total. The Labute approximate surface area is 170 Å². The lowest BCUT2D eigenvalue weighted by molar-refractivity contribution is -0.111. The summed E-state index contributed by atoms with van der Waals surface area (Å²) in [6, 6.07) is 28.2. The van der Waals surface area contributed by atoms with E-state index in [2.05, 4.69) is 30.1 Å². The van der Waals surface area contributed by atoms with E-state index in [1.54, 1.807) is 0 Å². The van der Waals surface area contributed by atoms with Crippen LogP contribution in [0.4, 0.5) is 5.69 Å². The van der Waals surface area contributed by atoms with Crippen molar-refractivity contribution in [3.8, 4) is 22.4 Å². The Morgan fingerprint density at radius 3 is 2.52 bits per heavy atom. The Hall–Kier alpha value is -3.92. The minimum atomic E-state index is -0.228. The molecule has 0 aliphatic rings. The third-order valence-electron chi connectivity index (χ3n) is 4.67. The number of nitrogens with zero attached hydrogens (tertiary/aromatic N) is 2. The van der Waals surface area contributed by atoms with Gasteiger partial charge in [-0.1, -0.05) is 73.3 Å². The summed E-state index contributed by atoms with van der Waals surface area (Å²) in [4.78, 5) is 11.8. The normalized spacial score (nSPS) is 10.5. The SMILES string of the molecule is C=CC(=O)Nc1ccccc1-c1cccc(-c2ccn(Cc3ccccc3)n2)c1. The molecule has 0 fully saturated rings. The van der Waals surface area contributed by atoms with Gasteiger partial charge in [0.15, 0.2) is 0 Å². The van der Waals surface area contributed by atoms with E-state index in [0.29, 0.717) is 0 Å². The molecular weight excluding hydrogens is 358 g/mol. The Morgan fingerprint density at radius 2 is 1.69 bits per heavy atom. The van der Waals surface area contributed by atoms with Crippen LogP contribution < -0.4 is 5.32 Å².